The van der Waals surface area contributed by atoms with E-state index in [0.717, 1.165) is 4.57 Å². The highest BCUT2D eigenvalue weighted by Crippen LogP contribution is 2.33. The van der Waals surface area contributed by atoms with Gasteiger partial charge in [0.2, 0.25) is 0 Å². The Morgan fingerprint density at radius 3 is 2.66 bits per heavy atom. The Morgan fingerprint density at radius 1 is 1.26 bits per heavy atom. The number of allylic oxidation sites excluding steroid dienone is 1. The maximum Gasteiger partial charge on any atom is 0.394 e. The van der Waals surface area contributed by atoms with Gasteiger partial charge in [-0.15, -0.1) is 0 Å². The van der Waals surface area contributed by atoms with Gasteiger partial charge in [-0.2, -0.15) is 8.78 Å². The zero-order chi connectivity index (χ0) is 25.3. The number of benzene rings is 1. The zero-order valence-electron chi connectivity index (χ0n) is 19.5. The summed E-state index contributed by atoms with van der Waals surface area (Å²) in [5, 5.41) is 15.3. The van der Waals surface area contributed by atoms with Gasteiger partial charge in [0, 0.05) is 39.4 Å². The lowest BCUT2D eigenvalue weighted by molar-refractivity contribution is -0.159. The molecule has 35 heavy (non-hydrogen) atoms. The van der Waals surface area contributed by atoms with E-state index < -0.39 is 29.9 Å². The summed E-state index contributed by atoms with van der Waals surface area (Å²) in [5.41, 5.74) is -0.929. The molecule has 4 rings (SSSR count). The quantitative estimate of drug-likeness (QED) is 0.473. The molecule has 190 valence electrons. The van der Waals surface area contributed by atoms with Gasteiger partial charge in [-0.3, -0.25) is 13.9 Å². The van der Waals surface area contributed by atoms with E-state index in [1.807, 2.05) is 0 Å². The maximum atomic E-state index is 13.4. The summed E-state index contributed by atoms with van der Waals surface area (Å²) in [4.78, 5) is 27.7. The van der Waals surface area contributed by atoms with Gasteiger partial charge in [0.15, 0.2) is 6.23 Å². The summed E-state index contributed by atoms with van der Waals surface area (Å²) < 4.78 is 45.3. The van der Waals surface area contributed by atoms with Crippen LogP contribution in [0.1, 0.15) is 20.3 Å². The van der Waals surface area contributed by atoms with Crippen molar-refractivity contribution in [1.82, 2.24) is 14.5 Å². The molecule has 0 spiro atoms. The molecule has 0 aliphatic carbocycles. The second-order valence-corrected chi connectivity index (χ2v) is 8.25. The fourth-order valence-corrected chi connectivity index (χ4v) is 3.91. The highest BCUT2D eigenvalue weighted by atomic mass is 19.3. The number of aliphatic hydroxyl groups is 1. The molecule has 2 aromatic rings. The number of nitrogens with one attached hydrogen (secondary N) is 2. The van der Waals surface area contributed by atoms with E-state index in [2.05, 4.69) is 15.4 Å². The van der Waals surface area contributed by atoms with E-state index in [9.17, 15) is 23.5 Å². The Balaban J connectivity index is 1.69. The van der Waals surface area contributed by atoms with Crippen LogP contribution in [-0.4, -0.2) is 46.1 Å². The first-order valence-electron chi connectivity index (χ1n) is 11.0. The van der Waals surface area contributed by atoms with Crippen LogP contribution in [-0.2, 0) is 18.3 Å². The first-order chi connectivity index (χ1) is 16.6. The average Bonchev–Trinajstić information content (AvgIpc) is 3.35. The highest BCUT2D eigenvalue weighted by molar-refractivity contribution is 5.71. The van der Waals surface area contributed by atoms with Crippen LogP contribution in [0.3, 0.4) is 0 Å². The van der Waals surface area contributed by atoms with Gasteiger partial charge >= 0.3 is 11.8 Å². The van der Waals surface area contributed by atoms with Crippen molar-refractivity contribution in [1.29, 1.82) is 0 Å². The number of nitrogens with zero attached hydrogens (tertiary/aromatic N) is 3. The molecular weight excluding hydrogens is 468 g/mol. The summed E-state index contributed by atoms with van der Waals surface area (Å²) >= 11 is 0. The topological polar surface area (TPSA) is 119 Å². The molecule has 0 bridgehead atoms. The second-order valence-electron chi connectivity index (χ2n) is 8.25. The number of hydrogen-bond acceptors (Lipinski definition) is 9. The predicted molar refractivity (Wildman–Crippen MR) is 122 cm³/mol. The fraction of sp³-hybridized carbons (Fsp3) is 0.455. The van der Waals surface area contributed by atoms with Crippen LogP contribution in [0.5, 0.6) is 11.5 Å². The lowest BCUT2D eigenvalue weighted by Gasteiger charge is -2.28. The molecule has 3 N–H and O–H groups in total. The van der Waals surface area contributed by atoms with Crippen molar-refractivity contribution in [3.05, 3.63) is 57.1 Å². The van der Waals surface area contributed by atoms with E-state index in [1.54, 1.807) is 24.1 Å². The Morgan fingerprint density at radius 2 is 2.00 bits per heavy atom. The minimum Gasteiger partial charge on any atom is -0.472 e. The van der Waals surface area contributed by atoms with Crippen LogP contribution in [0.2, 0.25) is 0 Å². The van der Waals surface area contributed by atoms with Crippen molar-refractivity contribution in [2.45, 2.75) is 45.5 Å². The van der Waals surface area contributed by atoms with Gasteiger partial charge in [0.05, 0.1) is 6.54 Å². The number of ether oxygens (including phenoxy) is 3. The van der Waals surface area contributed by atoms with Crippen LogP contribution >= 0.6 is 0 Å². The normalized spacial score (nSPS) is 18.9. The maximum absolute atomic E-state index is 13.4. The smallest absolute Gasteiger partial charge is 0.394 e. The standard InChI is InChI=1S/C22H27F2N5O6/c1-13-11-25-16(33-13)12-29-17-18(27(3)21(32)28(19(17)31)8-5-9-30)26-20(29)34-14-6-4-7-15(10-14)35-22(2,23)24/h4,6-7,10-11,16,20,25-26,30H,5,8-9,12H2,1-3H3. The van der Waals surface area contributed by atoms with Crippen molar-refractivity contribution in [2.75, 3.05) is 23.4 Å². The van der Waals surface area contributed by atoms with E-state index in [1.165, 1.54) is 29.8 Å². The predicted octanol–water partition coefficient (Wildman–Crippen LogP) is 1.32. The minimum absolute atomic E-state index is 0.0398. The lowest BCUT2D eigenvalue weighted by atomic mass is 10.3. The lowest BCUT2D eigenvalue weighted by Crippen LogP contribution is -2.48. The summed E-state index contributed by atoms with van der Waals surface area (Å²) in [6.45, 7) is 2.41. The monoisotopic (exact) mass is 495 g/mol. The number of anilines is 2. The van der Waals surface area contributed by atoms with E-state index in [4.69, 9.17) is 9.47 Å². The van der Waals surface area contributed by atoms with Crippen molar-refractivity contribution in [2.24, 2.45) is 7.05 Å². The molecule has 2 aliphatic rings. The molecule has 1 aromatic heterocycles. The van der Waals surface area contributed by atoms with Crippen molar-refractivity contribution < 1.29 is 28.1 Å². The molecule has 2 aliphatic heterocycles. The molecule has 0 fully saturated rings. The Kier molecular flexibility index (Phi) is 6.61. The molecule has 3 heterocycles. The second kappa shape index (κ2) is 9.49. The summed E-state index contributed by atoms with van der Waals surface area (Å²) in [5.74, 6) is 0.991. The molecule has 13 heteroatoms. The largest absolute Gasteiger partial charge is 0.472 e. The minimum atomic E-state index is -3.37. The summed E-state index contributed by atoms with van der Waals surface area (Å²) in [6, 6.07) is 5.72. The van der Waals surface area contributed by atoms with E-state index in [-0.39, 0.29) is 49.1 Å². The molecule has 0 saturated carbocycles. The van der Waals surface area contributed by atoms with Crippen LogP contribution in [0, 0.1) is 0 Å². The molecule has 0 saturated heterocycles. The van der Waals surface area contributed by atoms with Gasteiger partial charge in [0.25, 0.3) is 11.9 Å². The van der Waals surface area contributed by atoms with Crippen molar-refractivity contribution >= 4 is 11.5 Å². The van der Waals surface area contributed by atoms with E-state index in [0.29, 0.717) is 12.7 Å². The third-order valence-corrected chi connectivity index (χ3v) is 5.41. The number of alkyl halides is 2. The van der Waals surface area contributed by atoms with Crippen LogP contribution in [0.15, 0.2) is 45.8 Å². The van der Waals surface area contributed by atoms with Crippen molar-refractivity contribution in [3.8, 4) is 11.5 Å². The number of hydrogen-bond donors (Lipinski definition) is 3. The molecule has 1 aromatic carbocycles. The molecule has 2 atom stereocenters. The molecule has 0 amide bonds. The Labute approximate surface area is 199 Å². The zero-order valence-corrected chi connectivity index (χ0v) is 19.5. The first kappa shape index (κ1) is 24.4. The van der Waals surface area contributed by atoms with Gasteiger partial charge < -0.3 is 34.9 Å². The molecule has 2 unspecified atom stereocenters. The van der Waals surface area contributed by atoms with E-state index >= 15 is 0 Å². The number of fused-ring (bicyclic) bond motifs is 1. The molecule has 11 nitrogen and oxygen atoms in total. The number of halogens is 2. The summed E-state index contributed by atoms with van der Waals surface area (Å²) in [6.07, 6.45) is -2.94. The summed E-state index contributed by atoms with van der Waals surface area (Å²) in [7, 11) is 1.51. The average molecular weight is 495 g/mol. The number of rotatable bonds is 9. The van der Waals surface area contributed by atoms with Crippen LogP contribution in [0.25, 0.3) is 0 Å². The molecule has 0 radical (unpaired) electrons. The fourth-order valence-electron chi connectivity index (χ4n) is 3.91. The van der Waals surface area contributed by atoms with Crippen molar-refractivity contribution in [3.63, 3.8) is 0 Å². The van der Waals surface area contributed by atoms with Gasteiger partial charge in [-0.1, -0.05) is 6.07 Å². The third kappa shape index (κ3) is 5.19. The molecular formula is C22H27F2N5O6. The number of aliphatic hydroxyl groups excluding tert-OH is 1. The van der Waals surface area contributed by atoms with Gasteiger partial charge in [-0.05, 0) is 25.5 Å². The Hall–Kier alpha value is -3.74. The van der Waals surface area contributed by atoms with Crippen LogP contribution in [0.4, 0.5) is 20.3 Å². The van der Waals surface area contributed by atoms with Gasteiger partial charge in [-0.25, -0.2) is 4.79 Å². The van der Waals surface area contributed by atoms with Crippen LogP contribution < -0.4 is 36.3 Å². The highest BCUT2D eigenvalue weighted by Gasteiger charge is 2.38. The Bertz CT molecular complexity index is 1240. The third-order valence-electron chi connectivity index (χ3n) is 5.41. The van der Waals surface area contributed by atoms with Gasteiger partial charge in [0.1, 0.15) is 28.8 Å². The SMILES string of the molecule is CC1=CNC(CN2c3c(n(C)c(=O)n(CCCO)c3=O)NC2Oc2cccc(OC(C)(F)F)c2)O1. The first-order valence-corrected chi connectivity index (χ1v) is 11.0. The number of aromatic nitrogens is 2.